The van der Waals surface area contributed by atoms with Crippen LogP contribution in [0.2, 0.25) is 0 Å². The number of nitrogens with two attached hydrogens (primary N) is 2. The molecular weight excluding hydrogens is 432 g/mol. The first-order chi connectivity index (χ1) is 15.1. The summed E-state index contributed by atoms with van der Waals surface area (Å²) in [5.74, 6) is -3.80. The molecule has 1 heterocycles. The molecular formula is C21H36N6O6. The predicted molar refractivity (Wildman–Crippen MR) is 119 cm³/mol. The van der Waals surface area contributed by atoms with E-state index in [-0.39, 0.29) is 18.9 Å². The minimum Gasteiger partial charge on any atom is -0.368 e. The van der Waals surface area contributed by atoms with Gasteiger partial charge in [-0.25, -0.2) is 4.79 Å². The van der Waals surface area contributed by atoms with E-state index in [1.807, 2.05) is 13.8 Å². The van der Waals surface area contributed by atoms with Crippen molar-refractivity contribution in [2.24, 2.45) is 22.8 Å². The number of primary amides is 2. The first-order valence-electron chi connectivity index (χ1n) is 10.9. The number of hydrogen-bond donors (Lipinski definition) is 5. The molecule has 1 aliphatic heterocycles. The van der Waals surface area contributed by atoms with Gasteiger partial charge in [0.1, 0.15) is 12.1 Å². The average molecular weight is 469 g/mol. The van der Waals surface area contributed by atoms with Crippen LogP contribution in [0.4, 0.5) is 4.79 Å². The molecule has 0 aromatic carbocycles. The Morgan fingerprint density at radius 1 is 1.03 bits per heavy atom. The van der Waals surface area contributed by atoms with Gasteiger partial charge in [0.2, 0.25) is 23.5 Å². The lowest BCUT2D eigenvalue weighted by atomic mass is 9.85. The predicted octanol–water partition coefficient (Wildman–Crippen LogP) is -1.24. The summed E-state index contributed by atoms with van der Waals surface area (Å²) in [6, 6.07) is -3.69. The van der Waals surface area contributed by atoms with Crippen molar-refractivity contribution in [3.05, 3.63) is 0 Å². The van der Waals surface area contributed by atoms with Gasteiger partial charge in [0.15, 0.2) is 0 Å². The minimum absolute atomic E-state index is 0.00768. The van der Waals surface area contributed by atoms with E-state index >= 15 is 0 Å². The third-order valence-electron chi connectivity index (χ3n) is 5.23. The van der Waals surface area contributed by atoms with Crippen LogP contribution in [0.25, 0.3) is 0 Å². The van der Waals surface area contributed by atoms with Crippen molar-refractivity contribution in [3.63, 3.8) is 0 Å². The van der Waals surface area contributed by atoms with E-state index in [2.05, 4.69) is 16.0 Å². The standard InChI is InChI=1S/C21H36N6O6/c1-11(2)9-12(15(29)17(23)30)25-18(31)13-7-6-8-27(13)19(32)16(21(3,4)5)26-20(33)24-10-14(22)28/h11-13,16H,6-10H2,1-5H3,(H2,22,28)(H2,23,30)(H,25,31)(H2,24,26,33). The van der Waals surface area contributed by atoms with Crippen molar-refractivity contribution in [2.75, 3.05) is 13.1 Å². The van der Waals surface area contributed by atoms with Gasteiger partial charge in [0.05, 0.1) is 12.6 Å². The van der Waals surface area contributed by atoms with Crippen LogP contribution in [0.1, 0.15) is 53.9 Å². The number of nitrogens with zero attached hydrogens (tertiary/aromatic N) is 1. The quantitative estimate of drug-likeness (QED) is 0.249. The Bertz CT molecular complexity index is 791. The van der Waals surface area contributed by atoms with Gasteiger partial charge in [-0.15, -0.1) is 0 Å². The zero-order valence-electron chi connectivity index (χ0n) is 19.9. The molecule has 0 aromatic rings. The second-order valence-electron chi connectivity index (χ2n) is 9.70. The molecule has 0 aliphatic carbocycles. The molecule has 0 bridgehead atoms. The topological polar surface area (TPSA) is 194 Å². The Kier molecular flexibility index (Phi) is 9.80. The van der Waals surface area contributed by atoms with E-state index in [1.54, 1.807) is 20.8 Å². The highest BCUT2D eigenvalue weighted by molar-refractivity contribution is 6.37. The van der Waals surface area contributed by atoms with Crippen LogP contribution < -0.4 is 27.4 Å². The summed E-state index contributed by atoms with van der Waals surface area (Å²) in [5.41, 5.74) is 9.42. The molecule has 0 spiro atoms. The van der Waals surface area contributed by atoms with Crippen molar-refractivity contribution in [3.8, 4) is 0 Å². The van der Waals surface area contributed by atoms with E-state index in [1.165, 1.54) is 4.90 Å². The van der Waals surface area contributed by atoms with Gasteiger partial charge in [-0.1, -0.05) is 34.6 Å². The summed E-state index contributed by atoms with van der Waals surface area (Å²) in [6.07, 6.45) is 1.13. The number of Topliss-reactive ketones (excluding diaryl/α,β-unsaturated/α-hetero) is 1. The summed E-state index contributed by atoms with van der Waals surface area (Å²) in [5, 5.41) is 7.40. The normalized spacial score (nSPS) is 17.8. The van der Waals surface area contributed by atoms with Crippen molar-refractivity contribution in [1.29, 1.82) is 0 Å². The maximum Gasteiger partial charge on any atom is 0.315 e. The maximum atomic E-state index is 13.4. The van der Waals surface area contributed by atoms with Crippen LogP contribution >= 0.6 is 0 Å². The third kappa shape index (κ3) is 8.35. The van der Waals surface area contributed by atoms with Gasteiger partial charge in [-0.2, -0.15) is 0 Å². The highest BCUT2D eigenvalue weighted by atomic mass is 16.2. The highest BCUT2D eigenvalue weighted by Gasteiger charge is 2.42. The number of ketones is 1. The van der Waals surface area contributed by atoms with Crippen molar-refractivity contribution < 1.29 is 28.8 Å². The summed E-state index contributed by atoms with van der Waals surface area (Å²) in [6.45, 7) is 8.81. The molecule has 0 aromatic heterocycles. The Morgan fingerprint density at radius 3 is 2.12 bits per heavy atom. The minimum atomic E-state index is -1.14. The lowest BCUT2D eigenvalue weighted by Crippen LogP contribution is -2.60. The van der Waals surface area contributed by atoms with Crippen LogP contribution in [0.3, 0.4) is 0 Å². The third-order valence-corrected chi connectivity index (χ3v) is 5.23. The van der Waals surface area contributed by atoms with Gasteiger partial charge >= 0.3 is 6.03 Å². The van der Waals surface area contributed by atoms with Crippen molar-refractivity contribution >= 4 is 35.4 Å². The van der Waals surface area contributed by atoms with Crippen LogP contribution in [-0.2, 0) is 24.0 Å². The molecule has 1 aliphatic rings. The van der Waals surface area contributed by atoms with Gasteiger partial charge in [-0.05, 0) is 30.6 Å². The Balaban J connectivity index is 3.02. The fourth-order valence-corrected chi connectivity index (χ4v) is 3.61. The van der Waals surface area contributed by atoms with Crippen LogP contribution in [0, 0.1) is 11.3 Å². The maximum absolute atomic E-state index is 13.4. The largest absolute Gasteiger partial charge is 0.368 e. The molecule has 12 nitrogen and oxygen atoms in total. The van der Waals surface area contributed by atoms with Gasteiger partial charge < -0.3 is 32.3 Å². The number of carbonyl (C=O) groups is 6. The second kappa shape index (κ2) is 11.6. The Hall–Kier alpha value is -3.18. The summed E-state index contributed by atoms with van der Waals surface area (Å²) in [4.78, 5) is 74.3. The molecule has 1 rings (SSSR count). The lowest BCUT2D eigenvalue weighted by Gasteiger charge is -2.35. The van der Waals surface area contributed by atoms with E-state index in [9.17, 15) is 28.8 Å². The Morgan fingerprint density at radius 2 is 1.64 bits per heavy atom. The zero-order valence-corrected chi connectivity index (χ0v) is 19.9. The monoisotopic (exact) mass is 468 g/mol. The zero-order chi connectivity index (χ0) is 25.5. The number of likely N-dealkylation sites (tertiary alicyclic amines) is 1. The molecule has 186 valence electrons. The molecule has 3 atom stereocenters. The first-order valence-corrected chi connectivity index (χ1v) is 10.9. The molecule has 33 heavy (non-hydrogen) atoms. The molecule has 1 fully saturated rings. The number of hydrogen-bond acceptors (Lipinski definition) is 6. The fourth-order valence-electron chi connectivity index (χ4n) is 3.61. The van der Waals surface area contributed by atoms with Gasteiger partial charge in [-0.3, -0.25) is 24.0 Å². The van der Waals surface area contributed by atoms with E-state index in [0.717, 1.165) is 0 Å². The smallest absolute Gasteiger partial charge is 0.315 e. The van der Waals surface area contributed by atoms with Crippen molar-refractivity contribution in [1.82, 2.24) is 20.9 Å². The van der Waals surface area contributed by atoms with E-state index in [4.69, 9.17) is 11.5 Å². The number of amides is 6. The SMILES string of the molecule is CC(C)CC(NC(=O)C1CCCN1C(=O)C(NC(=O)NCC(N)=O)C(C)(C)C)C(=O)C(N)=O. The Labute approximate surface area is 193 Å². The molecule has 6 amide bonds. The van der Waals surface area contributed by atoms with E-state index in [0.29, 0.717) is 12.8 Å². The molecule has 3 unspecified atom stereocenters. The summed E-state index contributed by atoms with van der Waals surface area (Å²) >= 11 is 0. The number of carbonyl (C=O) groups excluding carboxylic acids is 6. The van der Waals surface area contributed by atoms with Crippen LogP contribution in [0.5, 0.6) is 0 Å². The number of urea groups is 1. The molecule has 7 N–H and O–H groups in total. The fraction of sp³-hybridized carbons (Fsp3) is 0.714. The molecule has 1 saturated heterocycles. The van der Waals surface area contributed by atoms with Crippen molar-refractivity contribution in [2.45, 2.75) is 72.0 Å². The van der Waals surface area contributed by atoms with Gasteiger partial charge in [0.25, 0.3) is 5.91 Å². The van der Waals surface area contributed by atoms with Crippen LogP contribution in [-0.4, -0.2) is 71.6 Å². The lowest BCUT2D eigenvalue weighted by molar-refractivity contribution is -0.143. The second-order valence-corrected chi connectivity index (χ2v) is 9.70. The molecule has 12 heteroatoms. The molecule has 0 radical (unpaired) electrons. The van der Waals surface area contributed by atoms with Gasteiger partial charge in [0, 0.05) is 6.54 Å². The summed E-state index contributed by atoms with van der Waals surface area (Å²) < 4.78 is 0. The number of nitrogens with one attached hydrogen (secondary N) is 3. The first kappa shape index (κ1) is 27.9. The number of rotatable bonds is 10. The van der Waals surface area contributed by atoms with Crippen LogP contribution in [0.15, 0.2) is 0 Å². The summed E-state index contributed by atoms with van der Waals surface area (Å²) in [7, 11) is 0. The van der Waals surface area contributed by atoms with E-state index < -0.39 is 65.5 Å². The molecule has 0 saturated carbocycles. The highest BCUT2D eigenvalue weighted by Crippen LogP contribution is 2.26. The average Bonchev–Trinajstić information content (AvgIpc) is 3.17.